The van der Waals surface area contributed by atoms with Gasteiger partial charge in [0, 0.05) is 28.5 Å². The average molecular weight is 425 g/mol. The highest BCUT2D eigenvalue weighted by molar-refractivity contribution is 6.31. The van der Waals surface area contributed by atoms with Crippen LogP contribution in [-0.2, 0) is 0 Å². The number of anilines is 2. The molecule has 1 aliphatic rings. The van der Waals surface area contributed by atoms with Crippen LogP contribution in [0.5, 0.6) is 0 Å². The lowest BCUT2D eigenvalue weighted by atomic mass is 9.94. The van der Waals surface area contributed by atoms with E-state index in [9.17, 15) is 10.1 Å². The molecule has 0 amide bonds. The number of para-hydroxylation sites is 1. The van der Waals surface area contributed by atoms with Crippen molar-refractivity contribution in [2.75, 3.05) is 4.90 Å². The van der Waals surface area contributed by atoms with Crippen LogP contribution in [0.25, 0.3) is 28.3 Å². The molecule has 4 aromatic carbocycles. The molecule has 0 aromatic heterocycles. The molecule has 0 saturated carbocycles. The van der Waals surface area contributed by atoms with E-state index in [-0.39, 0.29) is 10.6 Å². The van der Waals surface area contributed by atoms with Crippen LogP contribution in [0.15, 0.2) is 97.2 Å². The second-order valence-corrected chi connectivity index (χ2v) is 7.70. The molecule has 5 rings (SSSR count). The average Bonchev–Trinajstić information content (AvgIpc) is 2.96. The molecule has 0 fully saturated rings. The molecule has 0 N–H and O–H groups in total. The van der Waals surface area contributed by atoms with Gasteiger partial charge >= 0.3 is 0 Å². The van der Waals surface area contributed by atoms with Crippen molar-refractivity contribution in [2.45, 2.75) is 0 Å². The number of nitro groups is 1. The SMILES string of the molecule is O=[N+]([O-])c1ccc(Cl)cc1-c1ccc2c(c1)-c1ccccc1C=CN2c1ccccc1. The molecule has 0 atom stereocenters. The van der Waals surface area contributed by atoms with Crippen LogP contribution in [0.4, 0.5) is 17.1 Å². The molecule has 0 saturated heterocycles. The van der Waals surface area contributed by atoms with E-state index in [4.69, 9.17) is 11.6 Å². The minimum Gasteiger partial charge on any atom is -0.317 e. The van der Waals surface area contributed by atoms with Crippen molar-refractivity contribution in [1.82, 2.24) is 0 Å². The Hall–Kier alpha value is -3.89. The van der Waals surface area contributed by atoms with Gasteiger partial charge in [-0.25, -0.2) is 0 Å². The first-order valence-corrected chi connectivity index (χ1v) is 10.2. The van der Waals surface area contributed by atoms with Crippen LogP contribution in [0.1, 0.15) is 5.56 Å². The van der Waals surface area contributed by atoms with Crippen LogP contribution in [-0.4, -0.2) is 4.92 Å². The summed E-state index contributed by atoms with van der Waals surface area (Å²) in [5, 5.41) is 12.1. The number of hydrogen-bond donors (Lipinski definition) is 0. The third-order valence-electron chi connectivity index (χ3n) is 5.41. The lowest BCUT2D eigenvalue weighted by Gasteiger charge is -2.23. The van der Waals surface area contributed by atoms with E-state index < -0.39 is 0 Å². The van der Waals surface area contributed by atoms with E-state index in [2.05, 4.69) is 41.4 Å². The number of hydrogen-bond acceptors (Lipinski definition) is 3. The smallest absolute Gasteiger partial charge is 0.277 e. The Bertz CT molecular complexity index is 1330. The van der Waals surface area contributed by atoms with Gasteiger partial charge in [0.05, 0.1) is 16.2 Å². The lowest BCUT2D eigenvalue weighted by molar-refractivity contribution is -0.384. The van der Waals surface area contributed by atoms with E-state index in [1.54, 1.807) is 12.1 Å². The predicted octanol–water partition coefficient (Wildman–Crippen LogP) is 7.70. The summed E-state index contributed by atoms with van der Waals surface area (Å²) < 4.78 is 0. The summed E-state index contributed by atoms with van der Waals surface area (Å²) in [6, 6.07) is 28.8. The monoisotopic (exact) mass is 424 g/mol. The maximum Gasteiger partial charge on any atom is 0.277 e. The highest BCUT2D eigenvalue weighted by atomic mass is 35.5. The van der Waals surface area contributed by atoms with E-state index in [1.165, 1.54) is 6.07 Å². The fourth-order valence-electron chi connectivity index (χ4n) is 3.96. The van der Waals surface area contributed by atoms with Crippen LogP contribution < -0.4 is 4.90 Å². The van der Waals surface area contributed by atoms with Gasteiger partial charge in [0.2, 0.25) is 0 Å². The topological polar surface area (TPSA) is 46.4 Å². The first kappa shape index (κ1) is 19.1. The number of nitrogens with zero attached hydrogens (tertiary/aromatic N) is 2. The fraction of sp³-hybridized carbons (Fsp3) is 0. The first-order valence-electron chi connectivity index (χ1n) is 9.82. The van der Waals surface area contributed by atoms with Crippen LogP contribution in [0.2, 0.25) is 5.02 Å². The van der Waals surface area contributed by atoms with Gasteiger partial charge in [0.25, 0.3) is 5.69 Å². The van der Waals surface area contributed by atoms with E-state index in [1.807, 2.05) is 48.5 Å². The summed E-state index contributed by atoms with van der Waals surface area (Å²) in [7, 11) is 0. The van der Waals surface area contributed by atoms with Crippen molar-refractivity contribution < 1.29 is 4.92 Å². The van der Waals surface area contributed by atoms with Crippen molar-refractivity contribution in [1.29, 1.82) is 0 Å². The van der Waals surface area contributed by atoms with Crippen LogP contribution >= 0.6 is 11.6 Å². The molecule has 4 aromatic rings. The number of halogens is 1. The normalized spacial score (nSPS) is 12.1. The Morgan fingerprint density at radius 3 is 2.35 bits per heavy atom. The second-order valence-electron chi connectivity index (χ2n) is 7.26. The van der Waals surface area contributed by atoms with Crippen molar-refractivity contribution in [3.05, 3.63) is 118 Å². The zero-order valence-electron chi connectivity index (χ0n) is 16.4. The Morgan fingerprint density at radius 2 is 1.55 bits per heavy atom. The van der Waals surface area contributed by atoms with Gasteiger partial charge in [-0.15, -0.1) is 0 Å². The molecule has 1 aliphatic heterocycles. The molecule has 5 heteroatoms. The molecule has 0 bridgehead atoms. The molecule has 31 heavy (non-hydrogen) atoms. The van der Waals surface area contributed by atoms with Gasteiger partial charge in [-0.3, -0.25) is 10.1 Å². The molecule has 0 spiro atoms. The quantitative estimate of drug-likeness (QED) is 0.250. The summed E-state index contributed by atoms with van der Waals surface area (Å²) in [4.78, 5) is 13.4. The minimum absolute atomic E-state index is 0.0318. The van der Waals surface area contributed by atoms with Crippen LogP contribution in [0.3, 0.4) is 0 Å². The molecular weight excluding hydrogens is 408 g/mol. The highest BCUT2D eigenvalue weighted by Gasteiger charge is 2.21. The second kappa shape index (κ2) is 7.74. The predicted molar refractivity (Wildman–Crippen MR) is 127 cm³/mol. The number of nitro benzene ring substituents is 1. The first-order chi connectivity index (χ1) is 15.1. The van der Waals surface area contributed by atoms with Crippen molar-refractivity contribution in [2.24, 2.45) is 0 Å². The van der Waals surface area contributed by atoms with Gasteiger partial charge in [-0.1, -0.05) is 60.1 Å². The summed E-state index contributed by atoms with van der Waals surface area (Å²) in [5.41, 5.74) is 6.47. The van der Waals surface area contributed by atoms with Gasteiger partial charge in [-0.05, 0) is 59.2 Å². The Kier molecular flexibility index (Phi) is 4.77. The molecule has 4 nitrogen and oxygen atoms in total. The number of benzene rings is 4. The number of fused-ring (bicyclic) bond motifs is 3. The lowest BCUT2D eigenvalue weighted by Crippen LogP contribution is -2.08. The summed E-state index contributed by atoms with van der Waals surface area (Å²) in [6.07, 6.45) is 4.14. The van der Waals surface area contributed by atoms with Gasteiger partial charge < -0.3 is 4.90 Å². The van der Waals surface area contributed by atoms with Gasteiger partial charge in [-0.2, -0.15) is 0 Å². The van der Waals surface area contributed by atoms with Crippen molar-refractivity contribution >= 4 is 34.7 Å². The largest absolute Gasteiger partial charge is 0.317 e. The summed E-state index contributed by atoms with van der Waals surface area (Å²) in [5.74, 6) is 0. The van der Waals surface area contributed by atoms with Crippen molar-refractivity contribution in [3.63, 3.8) is 0 Å². The molecule has 1 heterocycles. The minimum atomic E-state index is -0.372. The molecule has 0 unspecified atom stereocenters. The maximum absolute atomic E-state index is 11.6. The molecule has 0 radical (unpaired) electrons. The zero-order chi connectivity index (χ0) is 21.4. The van der Waals surface area contributed by atoms with E-state index in [0.29, 0.717) is 10.6 Å². The third-order valence-corrected chi connectivity index (χ3v) is 5.65. The Morgan fingerprint density at radius 1 is 0.774 bits per heavy atom. The van der Waals surface area contributed by atoms with E-state index in [0.717, 1.165) is 33.6 Å². The third kappa shape index (κ3) is 3.47. The standard InChI is InChI=1S/C26H17ClN2O2/c27-20-11-13-26(29(30)31)23(17-20)19-10-12-25-24(16-19)22-9-5-4-6-18(22)14-15-28(25)21-7-2-1-3-8-21/h1-17H. The highest BCUT2D eigenvalue weighted by Crippen LogP contribution is 2.43. The Labute approximate surface area is 184 Å². The maximum atomic E-state index is 11.6. The van der Waals surface area contributed by atoms with Crippen molar-refractivity contribution in [3.8, 4) is 22.3 Å². The fourth-order valence-corrected chi connectivity index (χ4v) is 4.14. The van der Waals surface area contributed by atoms with E-state index >= 15 is 0 Å². The zero-order valence-corrected chi connectivity index (χ0v) is 17.2. The van der Waals surface area contributed by atoms with Crippen LogP contribution in [0, 0.1) is 10.1 Å². The van der Waals surface area contributed by atoms with Gasteiger partial charge in [0.1, 0.15) is 0 Å². The van der Waals surface area contributed by atoms with Gasteiger partial charge in [0.15, 0.2) is 0 Å². The molecule has 0 aliphatic carbocycles. The summed E-state index contributed by atoms with van der Waals surface area (Å²) in [6.45, 7) is 0. The Balaban J connectivity index is 1.76. The molecule has 150 valence electrons. The molecular formula is C26H17ClN2O2. The number of rotatable bonds is 3. The summed E-state index contributed by atoms with van der Waals surface area (Å²) >= 11 is 6.18.